The Kier molecular flexibility index (Phi) is 5.15. The van der Waals surface area contributed by atoms with Gasteiger partial charge in [-0.25, -0.2) is 4.98 Å². The van der Waals surface area contributed by atoms with Crippen LogP contribution in [-0.4, -0.2) is 53.9 Å². The lowest BCUT2D eigenvalue weighted by molar-refractivity contribution is -0.0776. The van der Waals surface area contributed by atoms with Crippen molar-refractivity contribution in [3.63, 3.8) is 0 Å². The van der Waals surface area contributed by atoms with Crippen LogP contribution in [0.4, 0.5) is 5.13 Å². The summed E-state index contributed by atoms with van der Waals surface area (Å²) >= 11 is 1.68. The third kappa shape index (κ3) is 4.42. The molecule has 1 aliphatic heterocycles. The molecule has 0 saturated carbocycles. The highest BCUT2D eigenvalue weighted by Crippen LogP contribution is 2.23. The minimum Gasteiger partial charge on any atom is -0.388 e. The van der Waals surface area contributed by atoms with Crippen molar-refractivity contribution in [3.8, 4) is 0 Å². The Hall–Kier alpha value is -0.690. The Bertz CT molecular complexity index is 391. The highest BCUT2D eigenvalue weighted by molar-refractivity contribution is 7.15. The van der Waals surface area contributed by atoms with Crippen LogP contribution in [0.5, 0.6) is 0 Å². The van der Waals surface area contributed by atoms with Gasteiger partial charge in [0.25, 0.3) is 0 Å². The monoisotopic (exact) mass is 285 g/mol. The molecule has 5 nitrogen and oxygen atoms in total. The van der Waals surface area contributed by atoms with E-state index in [-0.39, 0.29) is 0 Å². The van der Waals surface area contributed by atoms with E-state index in [0.717, 1.165) is 31.1 Å². The third-order valence-corrected chi connectivity index (χ3v) is 4.23. The third-order valence-electron chi connectivity index (χ3n) is 3.30. The maximum Gasteiger partial charge on any atom is 0.182 e. The van der Waals surface area contributed by atoms with Crippen LogP contribution in [0, 0.1) is 0 Å². The van der Waals surface area contributed by atoms with Gasteiger partial charge in [0.05, 0.1) is 5.60 Å². The molecule has 1 aromatic rings. The van der Waals surface area contributed by atoms with Crippen molar-refractivity contribution >= 4 is 16.5 Å². The predicted octanol–water partition coefficient (Wildman–Crippen LogP) is 1.55. The molecule has 0 amide bonds. The summed E-state index contributed by atoms with van der Waals surface area (Å²) in [6.45, 7) is 5.79. The summed E-state index contributed by atoms with van der Waals surface area (Å²) < 4.78 is 5.30. The smallest absolute Gasteiger partial charge is 0.182 e. The van der Waals surface area contributed by atoms with Crippen molar-refractivity contribution in [2.75, 3.05) is 38.7 Å². The molecule has 19 heavy (non-hydrogen) atoms. The van der Waals surface area contributed by atoms with Gasteiger partial charge in [-0.05, 0) is 14.0 Å². The van der Waals surface area contributed by atoms with Crippen LogP contribution in [0.25, 0.3) is 0 Å². The first-order valence-corrected chi connectivity index (χ1v) is 7.60. The number of ether oxygens (including phenoxy) is 1. The fraction of sp³-hybridized carbons (Fsp3) is 0.769. The first-order valence-electron chi connectivity index (χ1n) is 6.78. The Labute approximate surface area is 118 Å². The summed E-state index contributed by atoms with van der Waals surface area (Å²) in [4.78, 5) is 7.70. The van der Waals surface area contributed by atoms with E-state index >= 15 is 0 Å². The van der Waals surface area contributed by atoms with Crippen LogP contribution in [0.15, 0.2) is 6.20 Å². The van der Waals surface area contributed by atoms with Crippen molar-refractivity contribution in [1.82, 2.24) is 9.88 Å². The summed E-state index contributed by atoms with van der Waals surface area (Å²) in [5.74, 6) is 0. The van der Waals surface area contributed by atoms with Gasteiger partial charge in [0.1, 0.15) is 0 Å². The number of likely N-dealkylation sites (N-methyl/N-ethyl adjacent to an activating group) is 1. The molecule has 2 N–H and O–H groups in total. The van der Waals surface area contributed by atoms with E-state index in [1.807, 2.05) is 13.2 Å². The normalized spacial score (nSPS) is 18.7. The van der Waals surface area contributed by atoms with Gasteiger partial charge in [-0.2, -0.15) is 0 Å². The van der Waals surface area contributed by atoms with Gasteiger partial charge in [-0.1, -0.05) is 0 Å². The highest BCUT2D eigenvalue weighted by Gasteiger charge is 2.31. The second kappa shape index (κ2) is 6.65. The molecule has 0 aliphatic carbocycles. The van der Waals surface area contributed by atoms with Gasteiger partial charge in [0.2, 0.25) is 0 Å². The SMILES string of the molecule is CCNc1ncc(CN(C)CC2(O)CCOCC2)s1. The van der Waals surface area contributed by atoms with E-state index in [1.54, 1.807) is 11.3 Å². The molecular weight excluding hydrogens is 262 g/mol. The molecule has 6 heteroatoms. The average molecular weight is 285 g/mol. The first-order chi connectivity index (χ1) is 9.11. The van der Waals surface area contributed by atoms with E-state index in [4.69, 9.17) is 4.74 Å². The van der Waals surface area contributed by atoms with Crippen LogP contribution < -0.4 is 5.32 Å². The lowest BCUT2D eigenvalue weighted by atomic mass is 9.94. The number of hydrogen-bond acceptors (Lipinski definition) is 6. The summed E-state index contributed by atoms with van der Waals surface area (Å²) in [5, 5.41) is 14.6. The van der Waals surface area contributed by atoms with Crippen LogP contribution in [0.3, 0.4) is 0 Å². The molecule has 1 aliphatic rings. The van der Waals surface area contributed by atoms with Crippen LogP contribution >= 0.6 is 11.3 Å². The number of nitrogens with zero attached hydrogens (tertiary/aromatic N) is 2. The Morgan fingerprint density at radius 3 is 2.95 bits per heavy atom. The predicted molar refractivity (Wildman–Crippen MR) is 77.6 cm³/mol. The van der Waals surface area contributed by atoms with Crippen molar-refractivity contribution in [1.29, 1.82) is 0 Å². The van der Waals surface area contributed by atoms with E-state index in [9.17, 15) is 5.11 Å². The number of aromatic nitrogens is 1. The number of anilines is 1. The molecule has 1 aromatic heterocycles. The standard InChI is InChI=1S/C13H23N3O2S/c1-3-14-12-15-8-11(19-12)9-16(2)10-13(17)4-6-18-7-5-13/h8,17H,3-7,9-10H2,1-2H3,(H,14,15). The highest BCUT2D eigenvalue weighted by atomic mass is 32.1. The Morgan fingerprint density at radius 1 is 1.53 bits per heavy atom. The largest absolute Gasteiger partial charge is 0.388 e. The molecule has 2 heterocycles. The molecule has 0 radical (unpaired) electrons. The summed E-state index contributed by atoms with van der Waals surface area (Å²) in [5.41, 5.74) is -0.595. The molecular formula is C13H23N3O2S. The number of thiazole rings is 1. The van der Waals surface area contributed by atoms with Crippen molar-refractivity contribution < 1.29 is 9.84 Å². The minimum atomic E-state index is -0.595. The van der Waals surface area contributed by atoms with Gasteiger partial charge >= 0.3 is 0 Å². The van der Waals surface area contributed by atoms with E-state index in [0.29, 0.717) is 19.8 Å². The minimum absolute atomic E-state index is 0.595. The number of aliphatic hydroxyl groups is 1. The van der Waals surface area contributed by atoms with Gasteiger partial charge in [0.15, 0.2) is 5.13 Å². The maximum atomic E-state index is 10.5. The Morgan fingerprint density at radius 2 is 2.26 bits per heavy atom. The summed E-state index contributed by atoms with van der Waals surface area (Å²) in [6, 6.07) is 0. The number of nitrogens with one attached hydrogen (secondary N) is 1. The lowest BCUT2D eigenvalue weighted by Crippen LogP contribution is -2.45. The number of rotatable bonds is 6. The fourth-order valence-electron chi connectivity index (χ4n) is 2.35. The van der Waals surface area contributed by atoms with Crippen LogP contribution in [0.2, 0.25) is 0 Å². The lowest BCUT2D eigenvalue weighted by Gasteiger charge is -2.35. The van der Waals surface area contributed by atoms with Gasteiger partial charge in [0, 0.05) is 56.8 Å². The molecule has 0 atom stereocenters. The van der Waals surface area contributed by atoms with Crippen molar-refractivity contribution in [2.24, 2.45) is 0 Å². The molecule has 0 bridgehead atoms. The molecule has 108 valence electrons. The fourth-order valence-corrected chi connectivity index (χ4v) is 3.31. The molecule has 2 rings (SSSR count). The zero-order valence-electron chi connectivity index (χ0n) is 11.7. The first kappa shape index (κ1) is 14.7. The zero-order valence-corrected chi connectivity index (χ0v) is 12.5. The van der Waals surface area contributed by atoms with E-state index in [2.05, 4.69) is 22.1 Å². The molecule has 1 fully saturated rings. The second-order valence-corrected chi connectivity index (χ2v) is 6.29. The van der Waals surface area contributed by atoms with Crippen LogP contribution in [-0.2, 0) is 11.3 Å². The number of hydrogen-bond donors (Lipinski definition) is 2. The molecule has 0 unspecified atom stereocenters. The molecule has 0 spiro atoms. The Balaban J connectivity index is 1.84. The van der Waals surface area contributed by atoms with Crippen molar-refractivity contribution in [2.45, 2.75) is 31.9 Å². The second-order valence-electron chi connectivity index (χ2n) is 5.17. The molecule has 1 saturated heterocycles. The quantitative estimate of drug-likeness (QED) is 0.830. The summed E-state index contributed by atoms with van der Waals surface area (Å²) in [7, 11) is 2.04. The average Bonchev–Trinajstić information content (AvgIpc) is 2.77. The van der Waals surface area contributed by atoms with E-state index in [1.165, 1.54) is 4.88 Å². The van der Waals surface area contributed by atoms with Gasteiger partial charge in [-0.15, -0.1) is 11.3 Å². The molecule has 0 aromatic carbocycles. The maximum absolute atomic E-state index is 10.5. The topological polar surface area (TPSA) is 57.6 Å². The zero-order chi connectivity index (χ0) is 13.7. The van der Waals surface area contributed by atoms with Gasteiger partial charge < -0.3 is 15.2 Å². The summed E-state index contributed by atoms with van der Waals surface area (Å²) in [6.07, 6.45) is 3.36. The van der Waals surface area contributed by atoms with Crippen LogP contribution in [0.1, 0.15) is 24.6 Å². The van der Waals surface area contributed by atoms with Gasteiger partial charge in [-0.3, -0.25) is 4.90 Å². The van der Waals surface area contributed by atoms with Crippen molar-refractivity contribution in [3.05, 3.63) is 11.1 Å². The van der Waals surface area contributed by atoms with E-state index < -0.39 is 5.60 Å².